The Kier molecular flexibility index (Phi) is 8.06. The summed E-state index contributed by atoms with van der Waals surface area (Å²) in [6, 6.07) is 12.7. The first-order valence-corrected chi connectivity index (χ1v) is 12.2. The maximum absolute atomic E-state index is 13.2. The minimum atomic E-state index is -0.657. The average molecular weight is 479 g/mol. The zero-order valence-electron chi connectivity index (χ0n) is 22.0. The lowest BCUT2D eigenvalue weighted by atomic mass is 9.85. The van der Waals surface area contributed by atoms with Gasteiger partial charge in [-0.2, -0.15) is 0 Å². The van der Waals surface area contributed by atoms with Gasteiger partial charge >= 0.3 is 0 Å². The van der Waals surface area contributed by atoms with E-state index >= 15 is 0 Å². The van der Waals surface area contributed by atoms with Crippen LogP contribution in [0.25, 0.3) is 5.76 Å². The number of carbonyl (C=O) groups excluding carboxylic acids is 2. The molecular weight excluding hydrogens is 440 g/mol. The first-order chi connectivity index (χ1) is 16.5. The van der Waals surface area contributed by atoms with Crippen molar-refractivity contribution in [3.05, 3.63) is 70.3 Å². The number of carbonyl (C=O) groups is 2. The van der Waals surface area contributed by atoms with Gasteiger partial charge in [-0.25, -0.2) is 0 Å². The van der Waals surface area contributed by atoms with Crippen LogP contribution in [0.1, 0.15) is 62.4 Å². The van der Waals surface area contributed by atoms with Crippen molar-refractivity contribution in [1.82, 2.24) is 9.80 Å². The molecule has 1 heterocycles. The lowest BCUT2D eigenvalue weighted by Crippen LogP contribution is -2.35. The summed E-state index contributed by atoms with van der Waals surface area (Å²) in [5, 5.41) is 11.3. The number of aliphatic hydroxyl groups is 1. The van der Waals surface area contributed by atoms with Crippen molar-refractivity contribution in [2.75, 3.05) is 33.8 Å². The lowest BCUT2D eigenvalue weighted by Gasteiger charge is -2.27. The Labute approximate surface area is 209 Å². The van der Waals surface area contributed by atoms with Crippen molar-refractivity contribution in [2.24, 2.45) is 0 Å². The molecule has 6 heteroatoms. The van der Waals surface area contributed by atoms with E-state index in [-0.39, 0.29) is 16.7 Å². The Balaban J connectivity index is 2.10. The average Bonchev–Trinajstić information content (AvgIpc) is 3.05. The van der Waals surface area contributed by atoms with E-state index in [0.29, 0.717) is 25.3 Å². The number of aryl methyl sites for hydroxylation is 1. The first-order valence-electron chi connectivity index (χ1n) is 12.2. The third-order valence-corrected chi connectivity index (χ3v) is 6.33. The SMILES string of the molecule is CCCOc1ccc(C(O)=C2C(=O)C(=O)N(CCN(C)C)C2c2ccc(C(C)(C)C)cc2)cc1C. The highest BCUT2D eigenvalue weighted by atomic mass is 16.5. The highest BCUT2D eigenvalue weighted by molar-refractivity contribution is 6.46. The minimum absolute atomic E-state index is 0.0234. The number of hydrogen-bond acceptors (Lipinski definition) is 5. The van der Waals surface area contributed by atoms with Crippen LogP contribution in [-0.2, 0) is 15.0 Å². The molecule has 1 amide bonds. The van der Waals surface area contributed by atoms with Gasteiger partial charge < -0.3 is 19.6 Å². The minimum Gasteiger partial charge on any atom is -0.507 e. The third kappa shape index (κ3) is 5.76. The number of benzene rings is 2. The fraction of sp³-hybridized carbons (Fsp3) is 0.448. The maximum Gasteiger partial charge on any atom is 0.295 e. The molecule has 1 saturated heterocycles. The van der Waals surface area contributed by atoms with Gasteiger partial charge in [0.25, 0.3) is 11.7 Å². The van der Waals surface area contributed by atoms with Crippen LogP contribution >= 0.6 is 0 Å². The van der Waals surface area contributed by atoms with Crippen LogP contribution < -0.4 is 4.74 Å². The molecule has 188 valence electrons. The summed E-state index contributed by atoms with van der Waals surface area (Å²) in [7, 11) is 3.85. The molecule has 1 fully saturated rings. The molecule has 0 aliphatic carbocycles. The van der Waals surface area contributed by atoms with Crippen molar-refractivity contribution in [1.29, 1.82) is 0 Å². The second-order valence-corrected chi connectivity index (χ2v) is 10.5. The second-order valence-electron chi connectivity index (χ2n) is 10.5. The molecule has 0 bridgehead atoms. The van der Waals surface area contributed by atoms with E-state index in [1.807, 2.05) is 57.1 Å². The summed E-state index contributed by atoms with van der Waals surface area (Å²) < 4.78 is 5.75. The summed E-state index contributed by atoms with van der Waals surface area (Å²) in [5.41, 5.74) is 3.41. The number of rotatable bonds is 8. The second kappa shape index (κ2) is 10.6. The maximum atomic E-state index is 13.2. The van der Waals surface area contributed by atoms with E-state index in [0.717, 1.165) is 28.9 Å². The first kappa shape index (κ1) is 26.5. The van der Waals surface area contributed by atoms with Crippen LogP contribution in [0.3, 0.4) is 0 Å². The molecule has 1 unspecified atom stereocenters. The van der Waals surface area contributed by atoms with Gasteiger partial charge in [-0.15, -0.1) is 0 Å². The highest BCUT2D eigenvalue weighted by Gasteiger charge is 2.46. The van der Waals surface area contributed by atoms with Gasteiger partial charge in [0, 0.05) is 18.7 Å². The Hall–Kier alpha value is -3.12. The molecule has 0 saturated carbocycles. The van der Waals surface area contributed by atoms with Gasteiger partial charge in [-0.05, 0) is 67.7 Å². The Morgan fingerprint density at radius 1 is 1.09 bits per heavy atom. The van der Waals surface area contributed by atoms with Crippen molar-refractivity contribution in [2.45, 2.75) is 52.5 Å². The molecule has 1 N–H and O–H groups in total. The summed E-state index contributed by atoms with van der Waals surface area (Å²) in [6.07, 6.45) is 0.894. The molecule has 6 nitrogen and oxygen atoms in total. The van der Waals surface area contributed by atoms with E-state index in [1.165, 1.54) is 0 Å². The molecule has 2 aromatic carbocycles. The van der Waals surface area contributed by atoms with E-state index < -0.39 is 17.7 Å². The van der Waals surface area contributed by atoms with Gasteiger partial charge in [-0.3, -0.25) is 9.59 Å². The number of likely N-dealkylation sites (N-methyl/N-ethyl adjacent to an activating group) is 1. The molecule has 1 atom stereocenters. The number of ether oxygens (including phenoxy) is 1. The lowest BCUT2D eigenvalue weighted by molar-refractivity contribution is -0.140. The zero-order valence-corrected chi connectivity index (χ0v) is 22.0. The normalized spacial score (nSPS) is 17.9. The van der Waals surface area contributed by atoms with Gasteiger partial charge in [-0.1, -0.05) is 52.0 Å². The van der Waals surface area contributed by atoms with Crippen LogP contribution in [-0.4, -0.2) is 60.4 Å². The number of nitrogens with zero attached hydrogens (tertiary/aromatic N) is 2. The molecule has 2 aromatic rings. The molecular formula is C29H38N2O4. The molecule has 0 radical (unpaired) electrons. The summed E-state index contributed by atoms with van der Waals surface area (Å²) in [4.78, 5) is 29.9. The fourth-order valence-electron chi connectivity index (χ4n) is 4.26. The Bertz CT molecular complexity index is 1110. The quantitative estimate of drug-likeness (QED) is 0.326. The number of hydrogen-bond donors (Lipinski definition) is 1. The molecule has 1 aliphatic heterocycles. The predicted octanol–water partition coefficient (Wildman–Crippen LogP) is 5.06. The highest BCUT2D eigenvalue weighted by Crippen LogP contribution is 2.40. The summed E-state index contributed by atoms with van der Waals surface area (Å²) >= 11 is 0. The van der Waals surface area contributed by atoms with Crippen LogP contribution in [0.2, 0.25) is 0 Å². The summed E-state index contributed by atoms with van der Waals surface area (Å²) in [6.45, 7) is 12.0. The van der Waals surface area contributed by atoms with Crippen molar-refractivity contribution >= 4 is 17.4 Å². The number of Topliss-reactive ketones (excluding diaryl/α,β-unsaturated/α-hetero) is 1. The van der Waals surface area contributed by atoms with Crippen LogP contribution in [0.4, 0.5) is 0 Å². The van der Waals surface area contributed by atoms with Crippen molar-refractivity contribution in [3.8, 4) is 5.75 Å². The number of ketones is 1. The van der Waals surface area contributed by atoms with Crippen molar-refractivity contribution < 1.29 is 19.4 Å². The third-order valence-electron chi connectivity index (χ3n) is 6.33. The van der Waals surface area contributed by atoms with E-state index in [4.69, 9.17) is 4.74 Å². The fourth-order valence-corrected chi connectivity index (χ4v) is 4.26. The van der Waals surface area contributed by atoms with Crippen LogP contribution in [0.15, 0.2) is 48.0 Å². The van der Waals surface area contributed by atoms with Crippen LogP contribution in [0.5, 0.6) is 5.75 Å². The number of amides is 1. The standard InChI is InChI=1S/C29H38N2O4/c1-8-17-35-23-14-11-21(18-19(23)2)26(32)24-25(20-9-12-22(13-10-20)29(3,4)5)31(16-15-30(6)7)28(34)27(24)33/h9-14,18,25,32H,8,15-17H2,1-7H3. The summed E-state index contributed by atoms with van der Waals surface area (Å²) in [5.74, 6) is -0.664. The van der Waals surface area contributed by atoms with Crippen LogP contribution in [0, 0.1) is 6.92 Å². The number of aliphatic hydroxyl groups excluding tert-OH is 1. The predicted molar refractivity (Wildman–Crippen MR) is 140 cm³/mol. The van der Waals surface area contributed by atoms with Gasteiger partial charge in [0.1, 0.15) is 11.5 Å². The monoisotopic (exact) mass is 478 g/mol. The number of likely N-dealkylation sites (tertiary alicyclic amines) is 1. The smallest absolute Gasteiger partial charge is 0.295 e. The van der Waals surface area contributed by atoms with Gasteiger partial charge in [0.2, 0.25) is 0 Å². The van der Waals surface area contributed by atoms with E-state index in [9.17, 15) is 14.7 Å². The molecule has 35 heavy (non-hydrogen) atoms. The van der Waals surface area contributed by atoms with Gasteiger partial charge in [0.05, 0.1) is 18.2 Å². The topological polar surface area (TPSA) is 70.1 Å². The van der Waals surface area contributed by atoms with E-state index in [1.54, 1.807) is 23.1 Å². The van der Waals surface area contributed by atoms with Crippen molar-refractivity contribution in [3.63, 3.8) is 0 Å². The van der Waals surface area contributed by atoms with E-state index in [2.05, 4.69) is 20.8 Å². The van der Waals surface area contributed by atoms with Gasteiger partial charge in [0.15, 0.2) is 0 Å². The Morgan fingerprint density at radius 3 is 2.29 bits per heavy atom. The largest absolute Gasteiger partial charge is 0.507 e. The molecule has 0 aromatic heterocycles. The zero-order chi connectivity index (χ0) is 25.9. The Morgan fingerprint density at radius 2 is 1.74 bits per heavy atom. The molecule has 3 rings (SSSR count). The molecule has 0 spiro atoms. The molecule has 1 aliphatic rings.